The number of pyridine rings is 1. The molecule has 1 saturated heterocycles. The number of nitrogens with one attached hydrogen (secondary N) is 2. The summed E-state index contributed by atoms with van der Waals surface area (Å²) in [6.45, 7) is 4.20. The van der Waals surface area contributed by atoms with Crippen LogP contribution < -0.4 is 15.4 Å². The van der Waals surface area contributed by atoms with Gasteiger partial charge in [-0.1, -0.05) is 18.2 Å². The van der Waals surface area contributed by atoms with Crippen molar-refractivity contribution in [2.45, 2.75) is 44.8 Å². The zero-order chi connectivity index (χ0) is 21.6. The summed E-state index contributed by atoms with van der Waals surface area (Å²) in [5, 5.41) is 7.97. The maximum absolute atomic E-state index is 11.7. The molecule has 0 aliphatic carbocycles. The second kappa shape index (κ2) is 7.41. The molecule has 0 spiro atoms. The molecule has 3 heterocycles. The number of anilines is 3. The maximum Gasteiger partial charge on any atom is 0.150 e. The highest BCUT2D eigenvalue weighted by atomic mass is 32.2. The van der Waals surface area contributed by atoms with Gasteiger partial charge in [-0.25, -0.2) is 13.4 Å². The van der Waals surface area contributed by atoms with Crippen molar-refractivity contribution >= 4 is 37.9 Å². The number of para-hydroxylation sites is 1. The summed E-state index contributed by atoms with van der Waals surface area (Å²) in [6.07, 6.45) is 2.17. The number of ether oxygens (including phenoxy) is 1. The first kappa shape index (κ1) is 20.1. The minimum atomic E-state index is -2.87. The second-order valence-corrected chi connectivity index (χ2v) is 11.4. The van der Waals surface area contributed by atoms with E-state index in [0.29, 0.717) is 12.8 Å². The molecule has 2 aromatic carbocycles. The van der Waals surface area contributed by atoms with Gasteiger partial charge in [0.25, 0.3) is 0 Å². The van der Waals surface area contributed by atoms with Crippen LogP contribution in [0, 0.1) is 0 Å². The third kappa shape index (κ3) is 4.19. The summed E-state index contributed by atoms with van der Waals surface area (Å²) in [5.41, 5.74) is 3.80. The van der Waals surface area contributed by atoms with Crippen molar-refractivity contribution in [1.29, 1.82) is 0 Å². The van der Waals surface area contributed by atoms with Gasteiger partial charge >= 0.3 is 0 Å². The Morgan fingerprint density at radius 3 is 2.55 bits per heavy atom. The van der Waals surface area contributed by atoms with Crippen LogP contribution in [0.15, 0.2) is 48.5 Å². The van der Waals surface area contributed by atoms with Gasteiger partial charge in [0.05, 0.1) is 22.7 Å². The van der Waals surface area contributed by atoms with E-state index >= 15 is 0 Å². The van der Waals surface area contributed by atoms with Crippen molar-refractivity contribution in [3.8, 4) is 5.75 Å². The lowest BCUT2D eigenvalue weighted by atomic mass is 10.0. The first-order chi connectivity index (χ1) is 14.8. The molecule has 0 amide bonds. The van der Waals surface area contributed by atoms with Gasteiger partial charge in [0.2, 0.25) is 0 Å². The average Bonchev–Trinajstić information content (AvgIpc) is 3.04. The van der Waals surface area contributed by atoms with Crippen molar-refractivity contribution in [2.24, 2.45) is 0 Å². The molecule has 0 radical (unpaired) electrons. The van der Waals surface area contributed by atoms with Gasteiger partial charge in [-0.15, -0.1) is 0 Å². The number of hydrogen-bond acceptors (Lipinski definition) is 6. The van der Waals surface area contributed by atoms with Crippen LogP contribution in [0.4, 0.5) is 17.2 Å². The molecule has 6 nitrogen and oxygen atoms in total. The molecule has 2 aliphatic rings. The molecule has 2 aliphatic heterocycles. The van der Waals surface area contributed by atoms with Gasteiger partial charge in [-0.2, -0.15) is 0 Å². The fraction of sp³-hybridized carbons (Fsp3) is 0.375. The lowest BCUT2D eigenvalue weighted by molar-refractivity contribution is 0.139. The summed E-state index contributed by atoms with van der Waals surface area (Å²) >= 11 is 0. The molecule has 0 saturated carbocycles. The Labute approximate surface area is 183 Å². The molecule has 0 unspecified atom stereocenters. The number of rotatable bonds is 4. The molecule has 0 atom stereocenters. The van der Waals surface area contributed by atoms with Crippen LogP contribution in [-0.4, -0.2) is 36.6 Å². The number of hydrogen-bond donors (Lipinski definition) is 2. The molecular formula is C24H27N3O3S. The highest BCUT2D eigenvalue weighted by Crippen LogP contribution is 2.41. The maximum atomic E-state index is 11.7. The number of fused-ring (bicyclic) bond motifs is 2. The third-order valence-electron chi connectivity index (χ3n) is 6.00. The summed E-state index contributed by atoms with van der Waals surface area (Å²) in [5.74, 6) is 2.16. The van der Waals surface area contributed by atoms with Gasteiger partial charge in [-0.3, -0.25) is 0 Å². The van der Waals surface area contributed by atoms with E-state index in [1.165, 1.54) is 5.56 Å². The summed E-state index contributed by atoms with van der Waals surface area (Å²) in [7, 11) is -2.87. The number of benzene rings is 2. The zero-order valence-electron chi connectivity index (χ0n) is 17.8. The van der Waals surface area contributed by atoms with E-state index in [1.54, 1.807) is 0 Å². The Kier molecular flexibility index (Phi) is 4.81. The van der Waals surface area contributed by atoms with Gasteiger partial charge in [0.15, 0.2) is 0 Å². The van der Waals surface area contributed by atoms with Crippen molar-refractivity contribution in [2.75, 3.05) is 22.1 Å². The average molecular weight is 438 g/mol. The van der Waals surface area contributed by atoms with Crippen molar-refractivity contribution in [3.05, 3.63) is 54.1 Å². The second-order valence-electron chi connectivity index (χ2n) is 9.10. The Morgan fingerprint density at radius 2 is 1.74 bits per heavy atom. The van der Waals surface area contributed by atoms with Crippen LogP contribution in [0.2, 0.25) is 0 Å². The lowest BCUT2D eigenvalue weighted by Gasteiger charge is -2.24. The minimum Gasteiger partial charge on any atom is -0.485 e. The summed E-state index contributed by atoms with van der Waals surface area (Å²) in [4.78, 5) is 4.81. The number of aromatic nitrogens is 1. The Morgan fingerprint density at radius 1 is 1.00 bits per heavy atom. The van der Waals surface area contributed by atoms with E-state index in [2.05, 4.69) is 36.6 Å². The van der Waals surface area contributed by atoms with Crippen LogP contribution >= 0.6 is 0 Å². The van der Waals surface area contributed by atoms with Crippen LogP contribution in [0.3, 0.4) is 0 Å². The molecule has 2 N–H and O–H groups in total. The molecule has 1 fully saturated rings. The zero-order valence-corrected chi connectivity index (χ0v) is 18.6. The Balaban J connectivity index is 1.38. The topological polar surface area (TPSA) is 80.3 Å². The molecule has 5 rings (SSSR count). The monoisotopic (exact) mass is 437 g/mol. The number of nitrogens with zero attached hydrogens (tertiary/aromatic N) is 1. The number of sulfone groups is 1. The lowest BCUT2D eigenvalue weighted by Crippen LogP contribution is -2.32. The van der Waals surface area contributed by atoms with E-state index < -0.39 is 9.84 Å². The molecule has 1 aromatic heterocycles. The van der Waals surface area contributed by atoms with Crippen LogP contribution in [-0.2, 0) is 16.3 Å². The predicted octanol–water partition coefficient (Wildman–Crippen LogP) is 4.68. The summed E-state index contributed by atoms with van der Waals surface area (Å²) < 4.78 is 29.6. The first-order valence-corrected chi connectivity index (χ1v) is 12.5. The van der Waals surface area contributed by atoms with Crippen LogP contribution in [0.1, 0.15) is 32.3 Å². The normalized spacial score (nSPS) is 19.5. The highest BCUT2D eigenvalue weighted by molar-refractivity contribution is 7.91. The smallest absolute Gasteiger partial charge is 0.150 e. The van der Waals surface area contributed by atoms with Crippen LogP contribution in [0.5, 0.6) is 5.75 Å². The van der Waals surface area contributed by atoms with E-state index in [1.807, 2.05) is 36.4 Å². The largest absolute Gasteiger partial charge is 0.485 e. The SMILES string of the molecule is CC1(C)Cc2cccc(Nc3ccc4c(NC5CCS(=O)(=O)CC5)cccc4n3)c2O1. The van der Waals surface area contributed by atoms with Gasteiger partial charge in [0, 0.05) is 29.1 Å². The van der Waals surface area contributed by atoms with Crippen LogP contribution in [0.25, 0.3) is 10.9 Å². The molecule has 0 bridgehead atoms. The highest BCUT2D eigenvalue weighted by Gasteiger charge is 2.31. The fourth-order valence-corrected chi connectivity index (χ4v) is 5.95. The van der Waals surface area contributed by atoms with Crippen molar-refractivity contribution in [3.63, 3.8) is 0 Å². The summed E-state index contributed by atoms with van der Waals surface area (Å²) in [6, 6.07) is 16.4. The Bertz CT molecular complexity index is 1240. The van der Waals surface area contributed by atoms with Gasteiger partial charge < -0.3 is 15.4 Å². The quantitative estimate of drug-likeness (QED) is 0.617. The minimum absolute atomic E-state index is 0.166. The molecular weight excluding hydrogens is 410 g/mol. The fourth-order valence-electron chi connectivity index (χ4n) is 4.46. The first-order valence-electron chi connectivity index (χ1n) is 10.7. The van der Waals surface area contributed by atoms with E-state index in [9.17, 15) is 8.42 Å². The van der Waals surface area contributed by atoms with E-state index in [4.69, 9.17) is 9.72 Å². The molecule has 31 heavy (non-hydrogen) atoms. The third-order valence-corrected chi connectivity index (χ3v) is 7.72. The molecule has 7 heteroatoms. The molecule has 162 valence electrons. The van der Waals surface area contributed by atoms with Gasteiger partial charge in [-0.05, 0) is 57.0 Å². The van der Waals surface area contributed by atoms with E-state index in [-0.39, 0.29) is 23.1 Å². The molecule has 3 aromatic rings. The Hall–Kier alpha value is -2.80. The van der Waals surface area contributed by atoms with Crippen molar-refractivity contribution in [1.82, 2.24) is 4.98 Å². The van der Waals surface area contributed by atoms with E-state index in [0.717, 1.165) is 40.3 Å². The predicted molar refractivity (Wildman–Crippen MR) is 125 cm³/mol. The standard InChI is InChI=1S/C24H27N3O3S/c1-24(2)15-16-5-3-8-21(23(16)30-24)27-22-10-9-18-19(6-4-7-20(18)26-22)25-17-11-13-31(28,29)14-12-17/h3-10,17,25H,11-15H2,1-2H3,(H,26,27). The van der Waals surface area contributed by atoms with Crippen molar-refractivity contribution < 1.29 is 13.2 Å². The van der Waals surface area contributed by atoms with Gasteiger partial charge in [0.1, 0.15) is 27.0 Å².